The molecule has 0 aliphatic carbocycles. The third kappa shape index (κ3) is 48.4. The Morgan fingerprint density at radius 3 is 1.05 bits per heavy atom. The van der Waals surface area contributed by atoms with E-state index in [0.29, 0.717) is 19.3 Å². The highest BCUT2D eigenvalue weighted by atomic mass is 16.6. The fraction of sp³-hybridized carbons (Fsp3) is 0.561. The summed E-state index contributed by atoms with van der Waals surface area (Å²) in [4.78, 5) is 37.8. The van der Waals surface area contributed by atoms with E-state index < -0.39 is 12.1 Å². The van der Waals surface area contributed by atoms with E-state index in [1.54, 1.807) is 6.08 Å². The van der Waals surface area contributed by atoms with E-state index in [1.807, 2.05) is 18.2 Å². The van der Waals surface area contributed by atoms with Crippen LogP contribution in [0.1, 0.15) is 188 Å². The molecule has 0 spiro atoms. The van der Waals surface area contributed by atoms with Crippen LogP contribution in [0.3, 0.4) is 0 Å². The average molecular weight is 869 g/mol. The van der Waals surface area contributed by atoms with Gasteiger partial charge in [-0.05, 0) is 83.5 Å². The highest BCUT2D eigenvalue weighted by Crippen LogP contribution is 2.13. The molecule has 6 heteroatoms. The fourth-order valence-electron chi connectivity index (χ4n) is 6.07. The summed E-state index contributed by atoms with van der Waals surface area (Å²) in [6.07, 6.45) is 70.4. The minimum absolute atomic E-state index is 0.0767. The lowest BCUT2D eigenvalue weighted by molar-refractivity contribution is -0.166. The summed E-state index contributed by atoms with van der Waals surface area (Å²) in [7, 11) is 0. The Bertz CT molecular complexity index is 1420. The number of hydrogen-bond acceptors (Lipinski definition) is 6. The van der Waals surface area contributed by atoms with Crippen LogP contribution in [0.5, 0.6) is 0 Å². The summed E-state index contributed by atoms with van der Waals surface area (Å²) in [5.74, 6) is -1.17. The second kappa shape index (κ2) is 50.2. The Balaban J connectivity index is 4.63. The predicted molar refractivity (Wildman–Crippen MR) is 269 cm³/mol. The molecule has 0 aromatic heterocycles. The third-order valence-electron chi connectivity index (χ3n) is 9.70. The molecule has 0 rings (SSSR count). The summed E-state index contributed by atoms with van der Waals surface area (Å²) < 4.78 is 16.6. The standard InChI is InChI=1S/C57H88O6/c1-4-7-10-13-16-19-22-24-26-27-28-29-31-32-35-38-41-44-47-50-56(59)62-53-54(52-61-55(58)49-46-43-40-37-34-21-18-15-12-9-6-3)63-57(60)51-48-45-42-39-36-33-30-25-23-20-17-14-11-8-5-2/h7-8,10-11,16-17,19-20,24-26,28-30,32,35-36,39,41,44-45,48,54H,4-6,9,12-15,18,21-23,27,31,33-34,37-38,40,42-43,46-47,49-53H2,1-3H3/b10-7-,11-8-,19-16-,20-17-,26-24-,29-28-,30-25-,35-32-,39-36-,44-41-,48-45-. The Morgan fingerprint density at radius 2 is 0.667 bits per heavy atom. The molecule has 0 aliphatic heterocycles. The molecule has 0 fully saturated rings. The van der Waals surface area contributed by atoms with Gasteiger partial charge in [0, 0.05) is 12.8 Å². The molecule has 0 radical (unpaired) electrons. The zero-order valence-corrected chi connectivity index (χ0v) is 40.0. The molecule has 0 N–H and O–H groups in total. The van der Waals surface area contributed by atoms with E-state index in [9.17, 15) is 14.4 Å². The van der Waals surface area contributed by atoms with Gasteiger partial charge < -0.3 is 14.2 Å². The zero-order chi connectivity index (χ0) is 45.8. The van der Waals surface area contributed by atoms with Gasteiger partial charge in [0.2, 0.25) is 0 Å². The molecule has 6 nitrogen and oxygen atoms in total. The minimum Gasteiger partial charge on any atom is -0.462 e. The molecule has 352 valence electrons. The smallest absolute Gasteiger partial charge is 0.310 e. The van der Waals surface area contributed by atoms with Crippen LogP contribution in [0, 0.1) is 0 Å². The van der Waals surface area contributed by atoms with Gasteiger partial charge in [-0.3, -0.25) is 14.4 Å². The van der Waals surface area contributed by atoms with Crippen LogP contribution in [0.25, 0.3) is 0 Å². The second-order valence-electron chi connectivity index (χ2n) is 15.6. The van der Waals surface area contributed by atoms with Gasteiger partial charge in [0.15, 0.2) is 6.10 Å². The van der Waals surface area contributed by atoms with Crippen molar-refractivity contribution in [3.63, 3.8) is 0 Å². The van der Waals surface area contributed by atoms with Gasteiger partial charge in [-0.15, -0.1) is 0 Å². The number of carbonyl (C=O) groups excluding carboxylic acids is 3. The lowest BCUT2D eigenvalue weighted by Crippen LogP contribution is -2.30. The van der Waals surface area contributed by atoms with E-state index in [0.717, 1.165) is 83.5 Å². The first-order chi connectivity index (χ1) is 31.0. The van der Waals surface area contributed by atoms with Gasteiger partial charge in [-0.2, -0.15) is 0 Å². The van der Waals surface area contributed by atoms with Crippen molar-refractivity contribution >= 4 is 17.9 Å². The number of allylic oxidation sites excluding steroid dienone is 21. The average Bonchev–Trinajstić information content (AvgIpc) is 3.28. The van der Waals surface area contributed by atoms with Crippen molar-refractivity contribution in [1.29, 1.82) is 0 Å². The number of ether oxygens (including phenoxy) is 3. The fourth-order valence-corrected chi connectivity index (χ4v) is 6.07. The third-order valence-corrected chi connectivity index (χ3v) is 9.70. The largest absolute Gasteiger partial charge is 0.462 e. The maximum Gasteiger partial charge on any atom is 0.310 e. The Labute approximate surface area is 385 Å². The zero-order valence-electron chi connectivity index (χ0n) is 40.0. The molecule has 0 saturated heterocycles. The maximum atomic E-state index is 12.7. The van der Waals surface area contributed by atoms with Crippen molar-refractivity contribution in [2.24, 2.45) is 0 Å². The molecule has 1 unspecified atom stereocenters. The van der Waals surface area contributed by atoms with E-state index in [2.05, 4.69) is 130 Å². The van der Waals surface area contributed by atoms with Crippen LogP contribution in [0.4, 0.5) is 0 Å². The molecule has 0 aromatic carbocycles. The highest BCUT2D eigenvalue weighted by Gasteiger charge is 2.19. The molecule has 0 amide bonds. The van der Waals surface area contributed by atoms with Gasteiger partial charge >= 0.3 is 17.9 Å². The first-order valence-corrected chi connectivity index (χ1v) is 24.7. The molecule has 0 saturated carbocycles. The van der Waals surface area contributed by atoms with Crippen LogP contribution in [-0.2, 0) is 28.6 Å². The topological polar surface area (TPSA) is 78.9 Å². The summed E-state index contributed by atoms with van der Waals surface area (Å²) in [6, 6.07) is 0. The number of carbonyl (C=O) groups is 3. The van der Waals surface area contributed by atoms with Crippen molar-refractivity contribution in [3.05, 3.63) is 134 Å². The number of esters is 3. The van der Waals surface area contributed by atoms with Gasteiger partial charge in [-0.1, -0.05) is 219 Å². The van der Waals surface area contributed by atoms with Crippen LogP contribution in [0.2, 0.25) is 0 Å². The SMILES string of the molecule is CC/C=C\C/C=C\C/C=C\C/C=C\C/C=C\C/C=C\CCC(=O)OCC(COC(=O)CCCCCCCCCCCCC)OC(=O)C/C=C\C/C=C\C/C=C\C/C=C\C/C=C\CC. The van der Waals surface area contributed by atoms with Gasteiger partial charge in [0.25, 0.3) is 0 Å². The quantitative estimate of drug-likeness (QED) is 0.0263. The maximum absolute atomic E-state index is 12.7. The van der Waals surface area contributed by atoms with Crippen molar-refractivity contribution in [3.8, 4) is 0 Å². The molecule has 0 heterocycles. The summed E-state index contributed by atoms with van der Waals surface area (Å²) >= 11 is 0. The van der Waals surface area contributed by atoms with Crippen LogP contribution >= 0.6 is 0 Å². The number of rotatable bonds is 42. The second-order valence-corrected chi connectivity index (χ2v) is 15.6. The highest BCUT2D eigenvalue weighted by molar-refractivity contribution is 5.72. The van der Waals surface area contributed by atoms with E-state index in [1.165, 1.54) is 51.4 Å². The number of unbranched alkanes of at least 4 members (excludes halogenated alkanes) is 10. The summed E-state index contributed by atoms with van der Waals surface area (Å²) in [5.41, 5.74) is 0. The molecule has 1 atom stereocenters. The molecular formula is C57H88O6. The Kier molecular flexibility index (Phi) is 46.7. The lowest BCUT2D eigenvalue weighted by atomic mass is 10.1. The first-order valence-electron chi connectivity index (χ1n) is 24.7. The van der Waals surface area contributed by atoms with Crippen molar-refractivity contribution in [2.45, 2.75) is 194 Å². The monoisotopic (exact) mass is 869 g/mol. The normalized spacial score (nSPS) is 13.3. The first kappa shape index (κ1) is 58.6. The molecule has 0 bridgehead atoms. The van der Waals surface area contributed by atoms with Gasteiger partial charge in [-0.25, -0.2) is 0 Å². The van der Waals surface area contributed by atoms with Gasteiger partial charge in [0.05, 0.1) is 6.42 Å². The van der Waals surface area contributed by atoms with Crippen molar-refractivity contribution in [2.75, 3.05) is 13.2 Å². The minimum atomic E-state index is -0.865. The van der Waals surface area contributed by atoms with Crippen molar-refractivity contribution < 1.29 is 28.6 Å². The van der Waals surface area contributed by atoms with Crippen LogP contribution in [-0.4, -0.2) is 37.2 Å². The predicted octanol–water partition coefficient (Wildman–Crippen LogP) is 16.3. The van der Waals surface area contributed by atoms with E-state index >= 15 is 0 Å². The van der Waals surface area contributed by atoms with Crippen LogP contribution in [0.15, 0.2) is 134 Å². The summed E-state index contributed by atoms with van der Waals surface area (Å²) in [5, 5.41) is 0. The molecule has 63 heavy (non-hydrogen) atoms. The Hall–Kier alpha value is -4.45. The molecular weight excluding hydrogens is 781 g/mol. The lowest BCUT2D eigenvalue weighted by Gasteiger charge is -2.18. The van der Waals surface area contributed by atoms with E-state index in [4.69, 9.17) is 14.2 Å². The van der Waals surface area contributed by atoms with Crippen LogP contribution < -0.4 is 0 Å². The van der Waals surface area contributed by atoms with Gasteiger partial charge in [0.1, 0.15) is 13.2 Å². The Morgan fingerprint density at radius 1 is 0.349 bits per heavy atom. The van der Waals surface area contributed by atoms with E-state index in [-0.39, 0.29) is 38.0 Å². The van der Waals surface area contributed by atoms with Crippen molar-refractivity contribution in [1.82, 2.24) is 0 Å². The number of hydrogen-bond donors (Lipinski definition) is 0. The molecule has 0 aliphatic rings. The molecule has 0 aromatic rings. The summed E-state index contributed by atoms with van der Waals surface area (Å²) in [6.45, 7) is 6.22.